The van der Waals surface area contributed by atoms with Crippen molar-refractivity contribution < 1.29 is 0 Å². The maximum absolute atomic E-state index is 7.01. The van der Waals surface area contributed by atoms with E-state index in [1.54, 1.807) is 0 Å². The van der Waals surface area contributed by atoms with Crippen molar-refractivity contribution in [2.45, 2.75) is 71.3 Å². The number of likely N-dealkylation sites (N-methyl/N-ethyl adjacent to an activating group) is 1. The Morgan fingerprint density at radius 1 is 1.26 bits per heavy atom. The molecule has 4 nitrogen and oxygen atoms in total. The second-order valence-electron chi connectivity index (χ2n) is 10.0. The predicted octanol–water partition coefficient (Wildman–Crippen LogP) is 6.17. The number of allylic oxidation sites excluding steroid dienone is 7. The van der Waals surface area contributed by atoms with E-state index in [9.17, 15) is 0 Å². The molecule has 1 heterocycles. The Hall–Kier alpha value is -2.33. The van der Waals surface area contributed by atoms with Gasteiger partial charge in [-0.05, 0) is 63.8 Å². The molecule has 1 aliphatic heterocycles. The van der Waals surface area contributed by atoms with E-state index in [0.717, 1.165) is 51.1 Å². The molecule has 2 aliphatic carbocycles. The zero-order chi connectivity index (χ0) is 24.5. The highest BCUT2D eigenvalue weighted by Crippen LogP contribution is 2.34. The minimum absolute atomic E-state index is 0.155. The average Bonchev–Trinajstić information content (AvgIpc) is 2.85. The highest BCUT2D eigenvalue weighted by molar-refractivity contribution is 6.02. The lowest BCUT2D eigenvalue weighted by molar-refractivity contribution is 0.360. The van der Waals surface area contributed by atoms with Gasteiger partial charge in [0.2, 0.25) is 0 Å². The number of piperidine rings is 1. The molecule has 34 heavy (non-hydrogen) atoms. The van der Waals surface area contributed by atoms with Gasteiger partial charge in [-0.15, -0.1) is 6.58 Å². The van der Waals surface area contributed by atoms with Crippen LogP contribution in [0.1, 0.15) is 65.2 Å². The number of likely N-dealkylation sites (tertiary alicyclic amines) is 1. The number of hydrogen-bond donors (Lipinski definition) is 1. The summed E-state index contributed by atoms with van der Waals surface area (Å²) in [5.74, 6) is 0.155. The van der Waals surface area contributed by atoms with Crippen LogP contribution in [0.5, 0.6) is 0 Å². The summed E-state index contributed by atoms with van der Waals surface area (Å²) in [6.45, 7) is 16.4. The number of nitrogens with zero attached hydrogens (tertiary/aromatic N) is 3. The second kappa shape index (κ2) is 12.9. The molecule has 3 aliphatic rings. The van der Waals surface area contributed by atoms with Crippen molar-refractivity contribution >= 4 is 5.71 Å². The first-order valence-electron chi connectivity index (χ1n) is 13.3. The summed E-state index contributed by atoms with van der Waals surface area (Å²) in [7, 11) is 2.19. The van der Waals surface area contributed by atoms with Gasteiger partial charge in [-0.3, -0.25) is 4.99 Å². The molecule has 0 aromatic rings. The van der Waals surface area contributed by atoms with E-state index in [0.29, 0.717) is 6.04 Å². The van der Waals surface area contributed by atoms with Gasteiger partial charge in [0.1, 0.15) is 0 Å². The summed E-state index contributed by atoms with van der Waals surface area (Å²) in [6.07, 6.45) is 20.1. The van der Waals surface area contributed by atoms with Gasteiger partial charge in [-0.25, -0.2) is 0 Å². The Morgan fingerprint density at radius 3 is 2.71 bits per heavy atom. The van der Waals surface area contributed by atoms with Crippen LogP contribution in [-0.2, 0) is 0 Å². The maximum Gasteiger partial charge on any atom is 0.0503 e. The fourth-order valence-corrected chi connectivity index (χ4v) is 5.52. The van der Waals surface area contributed by atoms with Crippen LogP contribution in [0.3, 0.4) is 0 Å². The van der Waals surface area contributed by atoms with Gasteiger partial charge in [0, 0.05) is 61.2 Å². The van der Waals surface area contributed by atoms with E-state index in [2.05, 4.69) is 62.1 Å². The van der Waals surface area contributed by atoms with Crippen molar-refractivity contribution in [2.75, 3.05) is 33.2 Å². The zero-order valence-electron chi connectivity index (χ0n) is 21.9. The standard InChI is InChI=1S/C30H46N4/c1-6-9-19-34(8-3)23(4)21-24-14-13-17-27(26(24)7-2)30(31)28-22-33(5)20-18-29(28)32-25-15-11-10-12-16-25/h6-7,13-14,21,25,27H,1-2,8-12,15-20,22,31H2,3-5H3/b23-21+,30-28?,32-29?. The lowest BCUT2D eigenvalue weighted by Gasteiger charge is -2.32. The first-order chi connectivity index (χ1) is 16.5. The molecule has 1 saturated heterocycles. The van der Waals surface area contributed by atoms with Gasteiger partial charge >= 0.3 is 0 Å². The van der Waals surface area contributed by atoms with E-state index >= 15 is 0 Å². The molecule has 0 aromatic heterocycles. The van der Waals surface area contributed by atoms with Gasteiger partial charge in [0.05, 0.1) is 6.04 Å². The number of hydrogen-bond acceptors (Lipinski definition) is 4. The third kappa shape index (κ3) is 6.63. The Bertz CT molecular complexity index is 879. The van der Waals surface area contributed by atoms with Crippen molar-refractivity contribution in [2.24, 2.45) is 16.6 Å². The van der Waals surface area contributed by atoms with Gasteiger partial charge in [-0.2, -0.15) is 0 Å². The highest BCUT2D eigenvalue weighted by Gasteiger charge is 2.27. The van der Waals surface area contributed by atoms with Crippen LogP contribution in [0.4, 0.5) is 0 Å². The van der Waals surface area contributed by atoms with Crippen molar-refractivity contribution in [1.82, 2.24) is 9.80 Å². The molecule has 0 spiro atoms. The van der Waals surface area contributed by atoms with Gasteiger partial charge in [-0.1, -0.05) is 50.1 Å². The quantitative estimate of drug-likeness (QED) is 0.417. The predicted molar refractivity (Wildman–Crippen MR) is 148 cm³/mol. The molecular formula is C30H46N4. The fourth-order valence-electron chi connectivity index (χ4n) is 5.52. The molecule has 186 valence electrons. The van der Waals surface area contributed by atoms with E-state index in [1.165, 1.54) is 60.2 Å². The summed E-state index contributed by atoms with van der Waals surface area (Å²) in [4.78, 5) is 10.1. The molecule has 1 atom stereocenters. The first kappa shape index (κ1) is 26.3. The molecule has 2 N–H and O–H groups in total. The molecule has 0 bridgehead atoms. The lowest BCUT2D eigenvalue weighted by atomic mass is 9.81. The molecule has 3 rings (SSSR count). The van der Waals surface area contributed by atoms with Crippen molar-refractivity contribution in [3.8, 4) is 0 Å². The van der Waals surface area contributed by atoms with Crippen LogP contribution in [0.25, 0.3) is 0 Å². The van der Waals surface area contributed by atoms with Crippen molar-refractivity contribution in [3.63, 3.8) is 0 Å². The summed E-state index contributed by atoms with van der Waals surface area (Å²) < 4.78 is 0. The third-order valence-electron chi connectivity index (χ3n) is 7.59. The summed E-state index contributed by atoms with van der Waals surface area (Å²) in [6, 6.07) is 0.479. The SMILES string of the molecule is C=CCCN(CC)/C(C)=C/C1=C(C=C)C(C(N)=C2CN(C)CCC2=NC2CCCCC2)CC=C1. The largest absolute Gasteiger partial charge is 0.401 e. The zero-order valence-corrected chi connectivity index (χ0v) is 21.9. The molecular weight excluding hydrogens is 416 g/mol. The highest BCUT2D eigenvalue weighted by atomic mass is 15.1. The smallest absolute Gasteiger partial charge is 0.0503 e. The lowest BCUT2D eigenvalue weighted by Crippen LogP contribution is -2.36. The molecule has 0 radical (unpaired) electrons. The molecule has 0 amide bonds. The monoisotopic (exact) mass is 462 g/mol. The Morgan fingerprint density at radius 2 is 2.03 bits per heavy atom. The van der Waals surface area contributed by atoms with E-state index in [-0.39, 0.29) is 5.92 Å². The summed E-state index contributed by atoms with van der Waals surface area (Å²) >= 11 is 0. The van der Waals surface area contributed by atoms with Crippen molar-refractivity contribution in [3.05, 3.63) is 71.7 Å². The summed E-state index contributed by atoms with van der Waals surface area (Å²) in [5, 5.41) is 0. The van der Waals surface area contributed by atoms with Crippen LogP contribution in [0, 0.1) is 5.92 Å². The Balaban J connectivity index is 1.95. The van der Waals surface area contributed by atoms with Crippen LogP contribution >= 0.6 is 0 Å². The molecule has 1 unspecified atom stereocenters. The van der Waals surface area contributed by atoms with E-state index < -0.39 is 0 Å². The number of nitrogens with two attached hydrogens (primary N) is 1. The van der Waals surface area contributed by atoms with Crippen LogP contribution in [-0.4, -0.2) is 54.8 Å². The van der Waals surface area contributed by atoms with Gasteiger partial charge in [0.15, 0.2) is 0 Å². The van der Waals surface area contributed by atoms with Crippen molar-refractivity contribution in [1.29, 1.82) is 0 Å². The van der Waals surface area contributed by atoms with E-state index in [1.807, 2.05) is 12.2 Å². The van der Waals surface area contributed by atoms with Crippen LogP contribution in [0.15, 0.2) is 76.6 Å². The van der Waals surface area contributed by atoms with Crippen LogP contribution < -0.4 is 5.73 Å². The molecule has 2 fully saturated rings. The molecule has 4 heteroatoms. The van der Waals surface area contributed by atoms with Gasteiger partial charge in [0.25, 0.3) is 0 Å². The second-order valence-corrected chi connectivity index (χ2v) is 10.0. The number of aliphatic imine (C=N–C) groups is 1. The fraction of sp³-hybridized carbons (Fsp3) is 0.567. The number of rotatable bonds is 9. The van der Waals surface area contributed by atoms with Gasteiger partial charge < -0.3 is 15.5 Å². The third-order valence-corrected chi connectivity index (χ3v) is 7.59. The topological polar surface area (TPSA) is 44.9 Å². The Kier molecular flexibility index (Phi) is 10.0. The minimum atomic E-state index is 0.155. The minimum Gasteiger partial charge on any atom is -0.401 e. The Labute approximate surface area is 208 Å². The maximum atomic E-state index is 7.01. The first-order valence-corrected chi connectivity index (χ1v) is 13.3. The van der Waals surface area contributed by atoms with E-state index in [4.69, 9.17) is 10.7 Å². The average molecular weight is 463 g/mol. The summed E-state index contributed by atoms with van der Waals surface area (Å²) in [5.41, 5.74) is 14.2. The molecule has 1 saturated carbocycles. The van der Waals surface area contributed by atoms with Crippen LogP contribution in [0.2, 0.25) is 0 Å². The molecule has 0 aromatic carbocycles. The normalized spacial score (nSPS) is 25.6.